The third-order valence-electron chi connectivity index (χ3n) is 4.84. The van der Waals surface area contributed by atoms with E-state index in [0.29, 0.717) is 26.2 Å². The zero-order valence-corrected chi connectivity index (χ0v) is 15.8. The topological polar surface area (TPSA) is 96.7 Å². The average Bonchev–Trinajstić information content (AvgIpc) is 2.61. The van der Waals surface area contributed by atoms with Crippen molar-refractivity contribution in [3.8, 4) is 0 Å². The first kappa shape index (κ1) is 22.0. The summed E-state index contributed by atoms with van der Waals surface area (Å²) in [4.78, 5) is 25.9. The van der Waals surface area contributed by atoms with Gasteiger partial charge in [0.2, 0.25) is 5.91 Å². The molecule has 2 aliphatic rings. The van der Waals surface area contributed by atoms with E-state index in [4.69, 9.17) is 10.5 Å². The lowest BCUT2D eigenvalue weighted by molar-refractivity contribution is -0.132. The Morgan fingerprint density at radius 1 is 1.08 bits per heavy atom. The molecule has 0 aromatic heterocycles. The molecule has 7 nitrogen and oxygen atoms in total. The molecule has 0 spiro atoms. The number of piperidine rings is 1. The quantitative estimate of drug-likeness (QED) is 0.585. The summed E-state index contributed by atoms with van der Waals surface area (Å²) >= 11 is 0. The molecule has 0 aromatic rings. The number of nitrogens with zero attached hydrogens (tertiary/aromatic N) is 1. The Morgan fingerprint density at radius 3 is 2.40 bits per heavy atom. The predicted molar refractivity (Wildman–Crippen MR) is 99.9 cm³/mol. The van der Waals surface area contributed by atoms with Crippen molar-refractivity contribution in [3.63, 3.8) is 0 Å². The number of nitrogens with one attached hydrogen (secondary N) is 2. The zero-order chi connectivity index (χ0) is 17.2. The molecule has 0 bridgehead atoms. The normalized spacial score (nSPS) is 19.2. The molecule has 146 valence electrons. The van der Waals surface area contributed by atoms with Gasteiger partial charge in [0, 0.05) is 25.7 Å². The first-order valence-corrected chi connectivity index (χ1v) is 9.33. The summed E-state index contributed by atoms with van der Waals surface area (Å²) < 4.78 is 5.74. The van der Waals surface area contributed by atoms with Crippen LogP contribution in [0.5, 0.6) is 0 Å². The lowest BCUT2D eigenvalue weighted by atomic mass is 9.96. The zero-order valence-electron chi connectivity index (χ0n) is 15.0. The van der Waals surface area contributed by atoms with Gasteiger partial charge in [-0.15, -0.1) is 12.4 Å². The van der Waals surface area contributed by atoms with E-state index >= 15 is 0 Å². The summed E-state index contributed by atoms with van der Waals surface area (Å²) in [5, 5.41) is 5.66. The van der Waals surface area contributed by atoms with Gasteiger partial charge in [0.25, 0.3) is 0 Å². The maximum atomic E-state index is 12.2. The minimum absolute atomic E-state index is 0. The van der Waals surface area contributed by atoms with Gasteiger partial charge in [0.05, 0.1) is 12.6 Å². The van der Waals surface area contributed by atoms with Crippen molar-refractivity contribution < 1.29 is 14.3 Å². The van der Waals surface area contributed by atoms with Crippen molar-refractivity contribution in [2.24, 2.45) is 5.73 Å². The number of halogens is 1. The molecule has 0 aromatic carbocycles. The van der Waals surface area contributed by atoms with Crippen molar-refractivity contribution >= 4 is 24.3 Å². The van der Waals surface area contributed by atoms with Crippen molar-refractivity contribution in [3.05, 3.63) is 0 Å². The first-order valence-electron chi connectivity index (χ1n) is 9.33. The van der Waals surface area contributed by atoms with Gasteiger partial charge in [-0.1, -0.05) is 19.3 Å². The minimum atomic E-state index is -0.227. The molecule has 4 N–H and O–H groups in total. The number of likely N-dealkylation sites (tertiary alicyclic amines) is 1. The van der Waals surface area contributed by atoms with Crippen LogP contribution in [0.4, 0.5) is 4.79 Å². The molecular formula is C17H33ClN4O3. The predicted octanol–water partition coefficient (Wildman–Crippen LogP) is 1.40. The van der Waals surface area contributed by atoms with Crippen LogP contribution in [0.15, 0.2) is 0 Å². The fourth-order valence-corrected chi connectivity index (χ4v) is 3.36. The van der Waals surface area contributed by atoms with Crippen LogP contribution in [0.1, 0.15) is 51.4 Å². The van der Waals surface area contributed by atoms with Gasteiger partial charge < -0.3 is 26.0 Å². The van der Waals surface area contributed by atoms with Gasteiger partial charge in [-0.25, -0.2) is 4.79 Å². The Kier molecular flexibility index (Phi) is 10.8. The van der Waals surface area contributed by atoms with Crippen molar-refractivity contribution in [1.82, 2.24) is 15.5 Å². The second-order valence-electron chi connectivity index (χ2n) is 6.76. The van der Waals surface area contributed by atoms with Crippen LogP contribution in [0.3, 0.4) is 0 Å². The number of hydrogen-bond donors (Lipinski definition) is 3. The summed E-state index contributed by atoms with van der Waals surface area (Å²) in [6, 6.07) is 0.0329. The maximum Gasteiger partial charge on any atom is 0.315 e. The number of urea groups is 1. The molecule has 1 saturated carbocycles. The van der Waals surface area contributed by atoms with Gasteiger partial charge in [-0.05, 0) is 38.6 Å². The molecular weight excluding hydrogens is 344 g/mol. The van der Waals surface area contributed by atoms with E-state index in [-0.39, 0.29) is 43.0 Å². The minimum Gasteiger partial charge on any atom is -0.378 e. The van der Waals surface area contributed by atoms with E-state index < -0.39 is 0 Å². The molecule has 8 heteroatoms. The maximum absolute atomic E-state index is 12.2. The Labute approximate surface area is 156 Å². The molecule has 2 fully saturated rings. The molecule has 1 aliphatic carbocycles. The fraction of sp³-hybridized carbons (Fsp3) is 0.882. The monoisotopic (exact) mass is 376 g/mol. The SMILES string of the molecule is Cl.NCCCOC1CCN(C(=O)CNC(=O)NC2CCCCC2)CC1. The Hall–Kier alpha value is -1.05. The molecule has 1 heterocycles. The van der Waals surface area contributed by atoms with Crippen LogP contribution in [0.2, 0.25) is 0 Å². The first-order chi connectivity index (χ1) is 11.7. The van der Waals surface area contributed by atoms with Gasteiger partial charge in [-0.3, -0.25) is 4.79 Å². The Balaban J connectivity index is 0.00000312. The standard InChI is InChI=1S/C17H32N4O3.ClH/c18-9-4-12-24-15-7-10-21(11-8-15)16(22)13-19-17(23)20-14-5-2-1-3-6-14;/h14-15H,1-13,18H2,(H2,19,20,23);1H. The van der Waals surface area contributed by atoms with Gasteiger partial charge in [0.15, 0.2) is 0 Å². The molecule has 2 rings (SSSR count). The smallest absolute Gasteiger partial charge is 0.315 e. The van der Waals surface area contributed by atoms with E-state index in [1.54, 1.807) is 0 Å². The number of carbonyl (C=O) groups excluding carboxylic acids is 2. The second kappa shape index (κ2) is 12.3. The lowest BCUT2D eigenvalue weighted by Gasteiger charge is -2.32. The van der Waals surface area contributed by atoms with Crippen LogP contribution >= 0.6 is 12.4 Å². The molecule has 0 unspecified atom stereocenters. The number of amides is 3. The molecule has 0 radical (unpaired) electrons. The van der Waals surface area contributed by atoms with Gasteiger partial charge >= 0.3 is 6.03 Å². The third-order valence-corrected chi connectivity index (χ3v) is 4.84. The summed E-state index contributed by atoms with van der Waals surface area (Å²) in [7, 11) is 0. The van der Waals surface area contributed by atoms with Crippen LogP contribution < -0.4 is 16.4 Å². The van der Waals surface area contributed by atoms with Crippen LogP contribution in [0.25, 0.3) is 0 Å². The van der Waals surface area contributed by atoms with E-state index in [9.17, 15) is 9.59 Å². The third kappa shape index (κ3) is 8.25. The highest BCUT2D eigenvalue weighted by Crippen LogP contribution is 2.17. The summed E-state index contributed by atoms with van der Waals surface area (Å²) in [5.74, 6) is -0.0193. The van der Waals surface area contributed by atoms with Crippen LogP contribution in [0, 0.1) is 0 Å². The van der Waals surface area contributed by atoms with Crippen molar-refractivity contribution in [2.75, 3.05) is 32.8 Å². The molecule has 1 aliphatic heterocycles. The number of rotatable bonds is 7. The van der Waals surface area contributed by atoms with Crippen molar-refractivity contribution in [2.45, 2.75) is 63.5 Å². The van der Waals surface area contributed by atoms with Gasteiger partial charge in [-0.2, -0.15) is 0 Å². The lowest BCUT2D eigenvalue weighted by Crippen LogP contribution is -2.49. The molecule has 0 atom stereocenters. The highest BCUT2D eigenvalue weighted by Gasteiger charge is 2.23. The summed E-state index contributed by atoms with van der Waals surface area (Å²) in [5.41, 5.74) is 5.45. The van der Waals surface area contributed by atoms with E-state index in [2.05, 4.69) is 10.6 Å². The van der Waals surface area contributed by atoms with Crippen LogP contribution in [-0.4, -0.2) is 61.8 Å². The van der Waals surface area contributed by atoms with Crippen LogP contribution in [-0.2, 0) is 9.53 Å². The Morgan fingerprint density at radius 2 is 1.76 bits per heavy atom. The highest BCUT2D eigenvalue weighted by atomic mass is 35.5. The van der Waals surface area contributed by atoms with E-state index in [0.717, 1.165) is 32.1 Å². The number of hydrogen-bond acceptors (Lipinski definition) is 4. The summed E-state index contributed by atoms with van der Waals surface area (Å²) in [6.45, 7) is 2.79. The molecule has 1 saturated heterocycles. The molecule has 25 heavy (non-hydrogen) atoms. The second-order valence-corrected chi connectivity index (χ2v) is 6.76. The fourth-order valence-electron chi connectivity index (χ4n) is 3.36. The highest BCUT2D eigenvalue weighted by molar-refractivity contribution is 5.85. The number of carbonyl (C=O) groups is 2. The number of ether oxygens (including phenoxy) is 1. The number of nitrogens with two attached hydrogens (primary N) is 1. The van der Waals surface area contributed by atoms with E-state index in [1.165, 1.54) is 19.3 Å². The molecule has 3 amide bonds. The van der Waals surface area contributed by atoms with Gasteiger partial charge in [0.1, 0.15) is 0 Å². The largest absolute Gasteiger partial charge is 0.378 e. The Bertz CT molecular complexity index is 397. The average molecular weight is 377 g/mol. The van der Waals surface area contributed by atoms with Crippen molar-refractivity contribution in [1.29, 1.82) is 0 Å². The summed E-state index contributed by atoms with van der Waals surface area (Å²) in [6.07, 6.45) is 8.48. The van der Waals surface area contributed by atoms with E-state index in [1.807, 2.05) is 4.90 Å².